The van der Waals surface area contributed by atoms with E-state index in [0.717, 1.165) is 19.5 Å². The van der Waals surface area contributed by atoms with Crippen LogP contribution >= 0.6 is 0 Å². The number of aliphatic hydroxyl groups excluding tert-OH is 2. The third-order valence-corrected chi connectivity index (χ3v) is 2.42. The fraction of sp³-hybridized carbons (Fsp3) is 1.00. The molecule has 2 unspecified atom stereocenters. The van der Waals surface area contributed by atoms with Crippen LogP contribution in [0.4, 0.5) is 0 Å². The number of β-amino-alcohol motifs (C(OH)–C–C–N with tert-alkyl or cyclic N) is 2. The second kappa shape index (κ2) is 4.04. The first-order valence-corrected chi connectivity index (χ1v) is 4.25. The van der Waals surface area contributed by atoms with Gasteiger partial charge in [-0.15, -0.1) is 0 Å². The van der Waals surface area contributed by atoms with Crippen molar-refractivity contribution in [1.82, 2.24) is 4.90 Å². The van der Waals surface area contributed by atoms with Crippen LogP contribution in [0.1, 0.15) is 13.3 Å². The maximum Gasteiger partial charge on any atom is 0.0693 e. The highest BCUT2D eigenvalue weighted by Crippen LogP contribution is 2.15. The van der Waals surface area contributed by atoms with E-state index < -0.39 is 0 Å². The van der Waals surface area contributed by atoms with Gasteiger partial charge in [-0.1, -0.05) is 6.92 Å². The lowest BCUT2D eigenvalue weighted by Gasteiger charge is -2.33. The van der Waals surface area contributed by atoms with Gasteiger partial charge in [-0.05, 0) is 18.9 Å². The van der Waals surface area contributed by atoms with Gasteiger partial charge in [0.2, 0.25) is 0 Å². The molecule has 0 radical (unpaired) electrons. The summed E-state index contributed by atoms with van der Waals surface area (Å²) in [5, 5.41) is 18.1. The van der Waals surface area contributed by atoms with Gasteiger partial charge in [-0.25, -0.2) is 0 Å². The molecule has 0 amide bonds. The molecule has 0 aromatic rings. The highest BCUT2D eigenvalue weighted by Gasteiger charge is 2.23. The predicted molar refractivity (Wildman–Crippen MR) is 43.3 cm³/mol. The maximum atomic E-state index is 9.45. The third-order valence-electron chi connectivity index (χ3n) is 2.42. The number of hydrogen-bond acceptors (Lipinski definition) is 3. The van der Waals surface area contributed by atoms with E-state index in [2.05, 4.69) is 11.8 Å². The summed E-state index contributed by atoms with van der Waals surface area (Å²) in [5.74, 6) is 0.421. The molecule has 0 aromatic heterocycles. The molecule has 2 atom stereocenters. The smallest absolute Gasteiger partial charge is 0.0693 e. The molecule has 1 heterocycles. The van der Waals surface area contributed by atoms with E-state index in [4.69, 9.17) is 5.11 Å². The highest BCUT2D eigenvalue weighted by atomic mass is 16.3. The molecule has 66 valence electrons. The van der Waals surface area contributed by atoms with Crippen molar-refractivity contribution in [2.45, 2.75) is 19.4 Å². The second-order valence-corrected chi connectivity index (χ2v) is 3.36. The van der Waals surface area contributed by atoms with E-state index in [1.807, 2.05) is 0 Å². The lowest BCUT2D eigenvalue weighted by atomic mass is 9.96. The Bertz CT molecular complexity index is 119. The van der Waals surface area contributed by atoms with Crippen LogP contribution in [0.25, 0.3) is 0 Å². The van der Waals surface area contributed by atoms with Crippen molar-refractivity contribution in [2.75, 3.05) is 26.2 Å². The summed E-state index contributed by atoms with van der Waals surface area (Å²) in [6.45, 7) is 4.70. The molecule has 1 aliphatic heterocycles. The van der Waals surface area contributed by atoms with E-state index in [1.165, 1.54) is 0 Å². The molecule has 0 aromatic carbocycles. The molecule has 0 aliphatic carbocycles. The van der Waals surface area contributed by atoms with Crippen molar-refractivity contribution in [3.63, 3.8) is 0 Å². The average Bonchev–Trinajstić information content (AvgIpc) is 1.98. The van der Waals surface area contributed by atoms with Crippen molar-refractivity contribution in [2.24, 2.45) is 5.92 Å². The first kappa shape index (κ1) is 8.97. The molecule has 1 fully saturated rings. The zero-order chi connectivity index (χ0) is 8.27. The Labute approximate surface area is 67.6 Å². The van der Waals surface area contributed by atoms with Crippen LogP contribution in [0.5, 0.6) is 0 Å². The molecule has 1 rings (SSSR count). The molecule has 1 aliphatic rings. The lowest BCUT2D eigenvalue weighted by Crippen LogP contribution is -2.43. The topological polar surface area (TPSA) is 43.7 Å². The third kappa shape index (κ3) is 2.43. The van der Waals surface area contributed by atoms with Gasteiger partial charge in [-0.3, -0.25) is 4.90 Å². The summed E-state index contributed by atoms with van der Waals surface area (Å²) < 4.78 is 0. The Morgan fingerprint density at radius 3 is 2.82 bits per heavy atom. The van der Waals surface area contributed by atoms with E-state index in [-0.39, 0.29) is 12.7 Å². The molecule has 0 spiro atoms. The van der Waals surface area contributed by atoms with Crippen LogP contribution in [0.2, 0.25) is 0 Å². The zero-order valence-electron chi connectivity index (χ0n) is 7.03. The molecule has 3 heteroatoms. The quantitative estimate of drug-likeness (QED) is 0.580. The Hall–Kier alpha value is -0.120. The van der Waals surface area contributed by atoms with Crippen LogP contribution in [-0.4, -0.2) is 47.5 Å². The Morgan fingerprint density at radius 1 is 1.55 bits per heavy atom. The van der Waals surface area contributed by atoms with Gasteiger partial charge >= 0.3 is 0 Å². The molecule has 0 saturated carbocycles. The van der Waals surface area contributed by atoms with Crippen LogP contribution in [0, 0.1) is 5.92 Å². The molecule has 1 saturated heterocycles. The van der Waals surface area contributed by atoms with E-state index >= 15 is 0 Å². The summed E-state index contributed by atoms with van der Waals surface area (Å²) in [5.41, 5.74) is 0. The van der Waals surface area contributed by atoms with Crippen molar-refractivity contribution in [1.29, 1.82) is 0 Å². The largest absolute Gasteiger partial charge is 0.395 e. The predicted octanol–water partition coefficient (Wildman–Crippen LogP) is -0.319. The maximum absolute atomic E-state index is 9.45. The Kier molecular flexibility index (Phi) is 3.30. The second-order valence-electron chi connectivity index (χ2n) is 3.36. The molecule has 0 bridgehead atoms. The van der Waals surface area contributed by atoms with Crippen molar-refractivity contribution in [3.8, 4) is 0 Å². The van der Waals surface area contributed by atoms with E-state index in [0.29, 0.717) is 12.5 Å². The fourth-order valence-electron chi connectivity index (χ4n) is 1.46. The van der Waals surface area contributed by atoms with Crippen molar-refractivity contribution >= 4 is 0 Å². The van der Waals surface area contributed by atoms with Crippen LogP contribution < -0.4 is 0 Å². The number of likely N-dealkylation sites (tertiary alicyclic amines) is 1. The summed E-state index contributed by atoms with van der Waals surface area (Å²) in [6, 6.07) is 0. The normalized spacial score (nSPS) is 34.1. The van der Waals surface area contributed by atoms with E-state index in [1.54, 1.807) is 0 Å². The van der Waals surface area contributed by atoms with Gasteiger partial charge in [0.05, 0.1) is 12.7 Å². The molecule has 11 heavy (non-hydrogen) atoms. The first-order valence-electron chi connectivity index (χ1n) is 4.25. The number of piperidine rings is 1. The lowest BCUT2D eigenvalue weighted by molar-refractivity contribution is 0.0230. The van der Waals surface area contributed by atoms with Gasteiger partial charge in [-0.2, -0.15) is 0 Å². The van der Waals surface area contributed by atoms with Crippen LogP contribution in [0.15, 0.2) is 0 Å². The number of aliphatic hydroxyl groups is 2. The van der Waals surface area contributed by atoms with E-state index in [9.17, 15) is 5.11 Å². The summed E-state index contributed by atoms with van der Waals surface area (Å²) in [7, 11) is 0. The monoisotopic (exact) mass is 159 g/mol. The van der Waals surface area contributed by atoms with Crippen molar-refractivity contribution < 1.29 is 10.2 Å². The number of hydrogen-bond donors (Lipinski definition) is 2. The van der Waals surface area contributed by atoms with Gasteiger partial charge in [0, 0.05) is 13.1 Å². The molecular formula is C8H17NO2. The van der Waals surface area contributed by atoms with Gasteiger partial charge in [0.15, 0.2) is 0 Å². The van der Waals surface area contributed by atoms with Gasteiger partial charge in [0.25, 0.3) is 0 Å². The molecular weight excluding hydrogens is 142 g/mol. The minimum atomic E-state index is -0.199. The van der Waals surface area contributed by atoms with Gasteiger partial charge < -0.3 is 10.2 Å². The number of rotatable bonds is 2. The summed E-state index contributed by atoms with van der Waals surface area (Å²) >= 11 is 0. The standard InChI is InChI=1S/C8H17NO2/c1-7-2-3-9(4-5-10)6-8(7)11/h7-8,10-11H,2-6H2,1H3. The zero-order valence-corrected chi connectivity index (χ0v) is 7.03. The summed E-state index contributed by atoms with van der Waals surface area (Å²) in [6.07, 6.45) is 0.844. The fourth-order valence-corrected chi connectivity index (χ4v) is 1.46. The summed E-state index contributed by atoms with van der Waals surface area (Å²) in [4.78, 5) is 2.10. The average molecular weight is 159 g/mol. The van der Waals surface area contributed by atoms with Crippen molar-refractivity contribution in [3.05, 3.63) is 0 Å². The van der Waals surface area contributed by atoms with Crippen LogP contribution in [0.3, 0.4) is 0 Å². The van der Waals surface area contributed by atoms with Crippen LogP contribution in [-0.2, 0) is 0 Å². The first-order chi connectivity index (χ1) is 5.24. The SMILES string of the molecule is CC1CCN(CCO)CC1O. The molecule has 3 nitrogen and oxygen atoms in total. The number of nitrogens with zero attached hydrogens (tertiary/aromatic N) is 1. The molecule has 2 N–H and O–H groups in total. The minimum Gasteiger partial charge on any atom is -0.395 e. The van der Waals surface area contributed by atoms with Gasteiger partial charge in [0.1, 0.15) is 0 Å². The minimum absolute atomic E-state index is 0.196. The Morgan fingerprint density at radius 2 is 2.27 bits per heavy atom. The Balaban J connectivity index is 2.28. The highest BCUT2D eigenvalue weighted by molar-refractivity contribution is 4.76.